The predicted octanol–water partition coefficient (Wildman–Crippen LogP) is 2.58. The Morgan fingerprint density at radius 3 is 2.44 bits per heavy atom. The van der Waals surface area contributed by atoms with Crippen molar-refractivity contribution in [3.8, 4) is 23.0 Å². The zero-order chi connectivity index (χ0) is 17.8. The standard InChI is InChI=1S/C19H21NO5/c1-12-17(22-2)8-13(9-18(12)23-3)19(21)20-10-14-11-24-15-6-4-5-7-16(15)25-14/h4-9,14H,10-11H2,1-3H3,(H,20,21). The second-order valence-electron chi connectivity index (χ2n) is 5.71. The minimum atomic E-state index is -0.243. The quantitative estimate of drug-likeness (QED) is 0.904. The van der Waals surface area contributed by atoms with Crippen molar-refractivity contribution in [2.75, 3.05) is 27.4 Å². The van der Waals surface area contributed by atoms with Gasteiger partial charge in [-0.2, -0.15) is 0 Å². The summed E-state index contributed by atoms with van der Waals surface area (Å²) in [6.07, 6.45) is -0.243. The molecule has 2 aromatic rings. The second-order valence-corrected chi connectivity index (χ2v) is 5.71. The lowest BCUT2D eigenvalue weighted by Crippen LogP contribution is -2.40. The fourth-order valence-corrected chi connectivity index (χ4v) is 2.69. The molecule has 1 amide bonds. The summed E-state index contributed by atoms with van der Waals surface area (Å²) in [5.74, 6) is 2.40. The third-order valence-corrected chi connectivity index (χ3v) is 4.07. The van der Waals surface area contributed by atoms with E-state index in [4.69, 9.17) is 18.9 Å². The van der Waals surface area contributed by atoms with Crippen molar-refractivity contribution in [2.45, 2.75) is 13.0 Å². The molecule has 0 fully saturated rings. The maximum absolute atomic E-state index is 12.5. The summed E-state index contributed by atoms with van der Waals surface area (Å²) in [7, 11) is 3.13. The fraction of sp³-hybridized carbons (Fsp3) is 0.316. The number of ether oxygens (including phenoxy) is 4. The number of para-hydroxylation sites is 2. The number of benzene rings is 2. The van der Waals surface area contributed by atoms with Gasteiger partial charge in [0, 0.05) is 11.1 Å². The van der Waals surface area contributed by atoms with Crippen molar-refractivity contribution in [1.82, 2.24) is 5.32 Å². The topological polar surface area (TPSA) is 66.0 Å². The van der Waals surface area contributed by atoms with E-state index in [-0.39, 0.29) is 12.0 Å². The highest BCUT2D eigenvalue weighted by atomic mass is 16.6. The summed E-state index contributed by atoms with van der Waals surface area (Å²) in [6, 6.07) is 10.9. The number of carbonyl (C=O) groups excluding carboxylic acids is 1. The van der Waals surface area contributed by atoms with Gasteiger partial charge in [-0.05, 0) is 31.2 Å². The third-order valence-electron chi connectivity index (χ3n) is 4.07. The summed E-state index contributed by atoms with van der Waals surface area (Å²) in [6.45, 7) is 2.60. The molecule has 0 aliphatic carbocycles. The first-order chi connectivity index (χ1) is 12.1. The van der Waals surface area contributed by atoms with Gasteiger partial charge in [-0.3, -0.25) is 4.79 Å². The lowest BCUT2D eigenvalue weighted by molar-refractivity contribution is 0.0789. The summed E-state index contributed by atoms with van der Waals surface area (Å²) in [5, 5.41) is 2.87. The minimum Gasteiger partial charge on any atom is -0.496 e. The van der Waals surface area contributed by atoms with Gasteiger partial charge < -0.3 is 24.3 Å². The molecule has 3 rings (SSSR count). The van der Waals surface area contributed by atoms with E-state index in [1.54, 1.807) is 26.4 Å². The first kappa shape index (κ1) is 17.0. The zero-order valence-corrected chi connectivity index (χ0v) is 14.5. The average molecular weight is 343 g/mol. The Morgan fingerprint density at radius 2 is 1.80 bits per heavy atom. The van der Waals surface area contributed by atoms with Crippen LogP contribution in [0.25, 0.3) is 0 Å². The Hall–Kier alpha value is -2.89. The van der Waals surface area contributed by atoms with E-state index < -0.39 is 0 Å². The van der Waals surface area contributed by atoms with Crippen molar-refractivity contribution in [2.24, 2.45) is 0 Å². The first-order valence-corrected chi connectivity index (χ1v) is 8.01. The number of nitrogens with one attached hydrogen (secondary N) is 1. The van der Waals surface area contributed by atoms with Crippen LogP contribution in [0.4, 0.5) is 0 Å². The van der Waals surface area contributed by atoms with Crippen LogP contribution in [0.15, 0.2) is 36.4 Å². The number of hydrogen-bond acceptors (Lipinski definition) is 5. The lowest BCUT2D eigenvalue weighted by atomic mass is 10.1. The van der Waals surface area contributed by atoms with Crippen LogP contribution in [0.3, 0.4) is 0 Å². The average Bonchev–Trinajstić information content (AvgIpc) is 2.66. The number of rotatable bonds is 5. The number of carbonyl (C=O) groups is 1. The van der Waals surface area contributed by atoms with Crippen molar-refractivity contribution < 1.29 is 23.7 Å². The monoisotopic (exact) mass is 343 g/mol. The largest absolute Gasteiger partial charge is 0.496 e. The van der Waals surface area contributed by atoms with Crippen LogP contribution in [-0.2, 0) is 0 Å². The van der Waals surface area contributed by atoms with E-state index >= 15 is 0 Å². The van der Waals surface area contributed by atoms with Crippen molar-refractivity contribution >= 4 is 5.91 Å². The predicted molar refractivity (Wildman–Crippen MR) is 93.0 cm³/mol. The molecule has 6 heteroatoms. The van der Waals surface area contributed by atoms with Gasteiger partial charge in [0.1, 0.15) is 24.2 Å². The Morgan fingerprint density at radius 1 is 1.16 bits per heavy atom. The molecule has 0 radical (unpaired) electrons. The molecule has 0 spiro atoms. The highest BCUT2D eigenvalue weighted by Crippen LogP contribution is 2.31. The smallest absolute Gasteiger partial charge is 0.251 e. The van der Waals surface area contributed by atoms with Gasteiger partial charge >= 0.3 is 0 Å². The maximum Gasteiger partial charge on any atom is 0.251 e. The summed E-state index contributed by atoms with van der Waals surface area (Å²) in [4.78, 5) is 12.5. The maximum atomic E-state index is 12.5. The molecule has 1 heterocycles. The van der Waals surface area contributed by atoms with Gasteiger partial charge in [-0.15, -0.1) is 0 Å². The molecule has 1 aliphatic heterocycles. The number of fused-ring (bicyclic) bond motifs is 1. The minimum absolute atomic E-state index is 0.223. The number of amides is 1. The Bertz CT molecular complexity index is 749. The Labute approximate surface area is 146 Å². The molecule has 0 saturated heterocycles. The van der Waals surface area contributed by atoms with Gasteiger partial charge in [0.2, 0.25) is 0 Å². The molecular formula is C19H21NO5. The van der Waals surface area contributed by atoms with E-state index in [1.165, 1.54) is 0 Å². The summed E-state index contributed by atoms with van der Waals surface area (Å²) >= 11 is 0. The second kappa shape index (κ2) is 7.34. The van der Waals surface area contributed by atoms with Crippen LogP contribution in [0, 0.1) is 6.92 Å². The van der Waals surface area contributed by atoms with Crippen LogP contribution in [0.5, 0.6) is 23.0 Å². The van der Waals surface area contributed by atoms with Gasteiger partial charge in [0.25, 0.3) is 5.91 Å². The van der Waals surface area contributed by atoms with Crippen molar-refractivity contribution in [3.63, 3.8) is 0 Å². The molecule has 0 aromatic heterocycles. The fourth-order valence-electron chi connectivity index (χ4n) is 2.69. The van der Waals surface area contributed by atoms with Crippen molar-refractivity contribution in [3.05, 3.63) is 47.5 Å². The van der Waals surface area contributed by atoms with Crippen LogP contribution in [0.2, 0.25) is 0 Å². The van der Waals surface area contributed by atoms with Crippen LogP contribution in [0.1, 0.15) is 15.9 Å². The van der Waals surface area contributed by atoms with E-state index in [0.717, 1.165) is 11.3 Å². The van der Waals surface area contributed by atoms with E-state index in [2.05, 4.69) is 5.32 Å². The molecule has 0 saturated carbocycles. The lowest BCUT2D eigenvalue weighted by Gasteiger charge is -2.26. The molecule has 0 bridgehead atoms. The first-order valence-electron chi connectivity index (χ1n) is 8.01. The highest BCUT2D eigenvalue weighted by Gasteiger charge is 2.22. The van der Waals surface area contributed by atoms with Crippen LogP contribution in [-0.4, -0.2) is 39.4 Å². The summed E-state index contributed by atoms with van der Waals surface area (Å²) < 4.78 is 22.1. The van der Waals surface area contributed by atoms with Crippen LogP contribution >= 0.6 is 0 Å². The molecule has 2 aromatic carbocycles. The number of methoxy groups -OCH3 is 2. The van der Waals surface area contributed by atoms with E-state index in [1.807, 2.05) is 31.2 Å². The van der Waals surface area contributed by atoms with Crippen molar-refractivity contribution in [1.29, 1.82) is 0 Å². The van der Waals surface area contributed by atoms with E-state index in [9.17, 15) is 4.79 Å². The van der Waals surface area contributed by atoms with Gasteiger partial charge in [0.05, 0.1) is 20.8 Å². The van der Waals surface area contributed by atoms with Crippen LogP contribution < -0.4 is 24.3 Å². The van der Waals surface area contributed by atoms with Gasteiger partial charge in [-0.1, -0.05) is 12.1 Å². The Kier molecular flexibility index (Phi) is 4.97. The molecule has 1 aliphatic rings. The molecule has 1 unspecified atom stereocenters. The molecule has 1 N–H and O–H groups in total. The molecule has 1 atom stereocenters. The normalized spacial score (nSPS) is 15.4. The Balaban J connectivity index is 1.65. The zero-order valence-electron chi connectivity index (χ0n) is 14.5. The molecule has 25 heavy (non-hydrogen) atoms. The highest BCUT2D eigenvalue weighted by molar-refractivity contribution is 5.95. The van der Waals surface area contributed by atoms with Gasteiger partial charge in [-0.25, -0.2) is 0 Å². The summed E-state index contributed by atoms with van der Waals surface area (Å²) in [5.41, 5.74) is 1.32. The number of hydrogen-bond donors (Lipinski definition) is 1. The van der Waals surface area contributed by atoms with E-state index in [0.29, 0.717) is 36.0 Å². The SMILES string of the molecule is COc1cc(C(=O)NCC2COc3ccccc3O2)cc(OC)c1C. The molecule has 132 valence electrons. The third kappa shape index (κ3) is 3.63. The molecule has 6 nitrogen and oxygen atoms in total. The molecular weight excluding hydrogens is 322 g/mol. The van der Waals surface area contributed by atoms with Gasteiger partial charge in [0.15, 0.2) is 11.5 Å².